The normalized spacial score (nSPS) is 10.2. The Morgan fingerprint density at radius 1 is 0.920 bits per heavy atom. The molecule has 124 valence electrons. The Hall–Kier alpha value is -3.54. The Kier molecular flexibility index (Phi) is 4.80. The number of primary amides is 1. The van der Waals surface area contributed by atoms with Gasteiger partial charge in [0.2, 0.25) is 5.91 Å². The molecule has 0 saturated carbocycles. The van der Waals surface area contributed by atoms with E-state index in [9.17, 15) is 9.59 Å². The van der Waals surface area contributed by atoms with E-state index in [1.54, 1.807) is 12.4 Å². The number of amides is 2. The molecule has 2 heterocycles. The SMILES string of the molecule is NC(=O)c1ccc(C(=O)Nc2ccc(Cc3ccncc3)cc2)nc1. The lowest BCUT2D eigenvalue weighted by atomic mass is 10.1. The molecule has 2 amide bonds. The molecule has 0 spiro atoms. The molecule has 0 fully saturated rings. The summed E-state index contributed by atoms with van der Waals surface area (Å²) < 4.78 is 0. The third kappa shape index (κ3) is 4.26. The molecule has 3 N–H and O–H groups in total. The van der Waals surface area contributed by atoms with Gasteiger partial charge in [-0.1, -0.05) is 12.1 Å². The van der Waals surface area contributed by atoms with Gasteiger partial charge in [-0.15, -0.1) is 0 Å². The van der Waals surface area contributed by atoms with Gasteiger partial charge in [0, 0.05) is 24.3 Å². The number of aromatic nitrogens is 2. The average molecular weight is 332 g/mol. The number of rotatable bonds is 5. The number of nitrogens with zero attached hydrogens (tertiary/aromatic N) is 2. The monoisotopic (exact) mass is 332 g/mol. The van der Waals surface area contributed by atoms with Gasteiger partial charge in [0.25, 0.3) is 5.91 Å². The van der Waals surface area contributed by atoms with Crippen LogP contribution in [0.5, 0.6) is 0 Å². The van der Waals surface area contributed by atoms with Crippen molar-refractivity contribution in [3.8, 4) is 0 Å². The predicted octanol–water partition coefficient (Wildman–Crippen LogP) is 2.42. The van der Waals surface area contributed by atoms with Crippen molar-refractivity contribution in [2.45, 2.75) is 6.42 Å². The van der Waals surface area contributed by atoms with E-state index in [0.717, 1.165) is 12.0 Å². The van der Waals surface area contributed by atoms with E-state index >= 15 is 0 Å². The van der Waals surface area contributed by atoms with Crippen molar-refractivity contribution in [1.29, 1.82) is 0 Å². The van der Waals surface area contributed by atoms with Gasteiger partial charge in [0.1, 0.15) is 5.69 Å². The standard InChI is InChI=1S/C19H16N4O2/c20-18(24)15-3-6-17(22-12-15)19(25)23-16-4-1-13(2-5-16)11-14-7-9-21-10-8-14/h1-10,12H,11H2,(H2,20,24)(H,23,25). The van der Waals surface area contributed by atoms with Crippen LogP contribution < -0.4 is 11.1 Å². The molecule has 0 atom stereocenters. The fraction of sp³-hybridized carbons (Fsp3) is 0.0526. The van der Waals surface area contributed by atoms with Crippen LogP contribution in [0.1, 0.15) is 32.0 Å². The molecule has 0 radical (unpaired) electrons. The molecule has 0 aliphatic carbocycles. The van der Waals surface area contributed by atoms with Crippen molar-refractivity contribution in [1.82, 2.24) is 9.97 Å². The Balaban J connectivity index is 1.64. The summed E-state index contributed by atoms with van der Waals surface area (Å²) in [5, 5.41) is 2.77. The summed E-state index contributed by atoms with van der Waals surface area (Å²) in [6.07, 6.45) is 5.61. The zero-order valence-electron chi connectivity index (χ0n) is 13.3. The van der Waals surface area contributed by atoms with Crippen LogP contribution in [0.4, 0.5) is 5.69 Å². The highest BCUT2D eigenvalue weighted by Crippen LogP contribution is 2.14. The second-order valence-corrected chi connectivity index (χ2v) is 5.48. The van der Waals surface area contributed by atoms with Crippen LogP contribution in [0.15, 0.2) is 67.1 Å². The fourth-order valence-corrected chi connectivity index (χ4v) is 2.31. The molecule has 3 aromatic rings. The first kappa shape index (κ1) is 16.3. The molecule has 0 aliphatic heterocycles. The van der Waals surface area contributed by atoms with Crippen molar-refractivity contribution in [2.24, 2.45) is 5.73 Å². The predicted molar refractivity (Wildman–Crippen MR) is 94.2 cm³/mol. The minimum atomic E-state index is -0.579. The van der Waals surface area contributed by atoms with Crippen molar-refractivity contribution in [3.05, 3.63) is 89.5 Å². The lowest BCUT2D eigenvalue weighted by Gasteiger charge is -2.07. The van der Waals surface area contributed by atoms with Crippen LogP contribution >= 0.6 is 0 Å². The maximum absolute atomic E-state index is 12.2. The minimum Gasteiger partial charge on any atom is -0.366 e. The fourth-order valence-electron chi connectivity index (χ4n) is 2.31. The lowest BCUT2D eigenvalue weighted by molar-refractivity contribution is 0.0993. The van der Waals surface area contributed by atoms with Crippen molar-refractivity contribution >= 4 is 17.5 Å². The Morgan fingerprint density at radius 3 is 2.20 bits per heavy atom. The van der Waals surface area contributed by atoms with Crippen LogP contribution in [0, 0.1) is 0 Å². The summed E-state index contributed by atoms with van der Waals surface area (Å²) in [6.45, 7) is 0. The molecule has 2 aromatic heterocycles. The molecular formula is C19H16N4O2. The number of anilines is 1. The van der Waals surface area contributed by atoms with E-state index in [1.807, 2.05) is 36.4 Å². The van der Waals surface area contributed by atoms with Crippen LogP contribution in [0.25, 0.3) is 0 Å². The highest BCUT2D eigenvalue weighted by molar-refractivity contribution is 6.03. The van der Waals surface area contributed by atoms with Gasteiger partial charge < -0.3 is 11.1 Å². The van der Waals surface area contributed by atoms with Gasteiger partial charge in [0.05, 0.1) is 5.56 Å². The number of pyridine rings is 2. The molecule has 0 bridgehead atoms. The molecule has 0 unspecified atom stereocenters. The molecule has 0 aliphatic rings. The first-order valence-electron chi connectivity index (χ1n) is 7.67. The van der Waals surface area contributed by atoms with Crippen LogP contribution in [0.3, 0.4) is 0 Å². The number of carbonyl (C=O) groups excluding carboxylic acids is 2. The van der Waals surface area contributed by atoms with Gasteiger partial charge in [-0.3, -0.25) is 19.6 Å². The molecule has 1 aromatic carbocycles. The van der Waals surface area contributed by atoms with Crippen molar-refractivity contribution in [2.75, 3.05) is 5.32 Å². The molecule has 3 rings (SSSR count). The summed E-state index contributed by atoms with van der Waals surface area (Å²) >= 11 is 0. The third-order valence-corrected chi connectivity index (χ3v) is 3.65. The minimum absolute atomic E-state index is 0.214. The number of benzene rings is 1. The van der Waals surface area contributed by atoms with Gasteiger partial charge in [-0.05, 0) is 53.9 Å². The van der Waals surface area contributed by atoms with Crippen molar-refractivity contribution < 1.29 is 9.59 Å². The largest absolute Gasteiger partial charge is 0.366 e. The summed E-state index contributed by atoms with van der Waals surface area (Å²) in [5.74, 6) is -0.929. The molecule has 6 nitrogen and oxygen atoms in total. The lowest BCUT2D eigenvalue weighted by Crippen LogP contribution is -2.16. The zero-order valence-corrected chi connectivity index (χ0v) is 13.3. The van der Waals surface area contributed by atoms with Crippen molar-refractivity contribution in [3.63, 3.8) is 0 Å². The van der Waals surface area contributed by atoms with Gasteiger partial charge >= 0.3 is 0 Å². The van der Waals surface area contributed by atoms with E-state index in [2.05, 4.69) is 15.3 Å². The molecule has 6 heteroatoms. The maximum atomic E-state index is 12.2. The first-order valence-corrected chi connectivity index (χ1v) is 7.67. The van der Waals surface area contributed by atoms with E-state index in [4.69, 9.17) is 5.73 Å². The number of nitrogens with two attached hydrogens (primary N) is 1. The Labute approximate surface area is 144 Å². The average Bonchev–Trinajstić information content (AvgIpc) is 2.64. The Morgan fingerprint density at radius 2 is 1.60 bits per heavy atom. The smallest absolute Gasteiger partial charge is 0.274 e. The highest BCUT2D eigenvalue weighted by Gasteiger charge is 2.09. The van der Waals surface area contributed by atoms with Gasteiger partial charge in [-0.2, -0.15) is 0 Å². The molecule has 0 saturated heterocycles. The quantitative estimate of drug-likeness (QED) is 0.749. The van der Waals surface area contributed by atoms with E-state index in [0.29, 0.717) is 5.69 Å². The number of nitrogens with one attached hydrogen (secondary N) is 1. The molecule has 25 heavy (non-hydrogen) atoms. The number of hydrogen-bond acceptors (Lipinski definition) is 4. The van der Waals surface area contributed by atoms with E-state index < -0.39 is 5.91 Å². The first-order chi connectivity index (χ1) is 12.1. The second-order valence-electron chi connectivity index (χ2n) is 5.48. The zero-order chi connectivity index (χ0) is 17.6. The molecular weight excluding hydrogens is 316 g/mol. The van der Waals surface area contributed by atoms with Crippen LogP contribution in [-0.2, 0) is 6.42 Å². The van der Waals surface area contributed by atoms with Crippen LogP contribution in [0.2, 0.25) is 0 Å². The van der Waals surface area contributed by atoms with E-state index in [1.165, 1.54) is 23.9 Å². The summed E-state index contributed by atoms with van der Waals surface area (Å²) in [7, 11) is 0. The third-order valence-electron chi connectivity index (χ3n) is 3.65. The second kappa shape index (κ2) is 7.35. The summed E-state index contributed by atoms with van der Waals surface area (Å²) in [4.78, 5) is 31.1. The topological polar surface area (TPSA) is 98.0 Å². The van der Waals surface area contributed by atoms with E-state index in [-0.39, 0.29) is 17.2 Å². The number of hydrogen-bond donors (Lipinski definition) is 2. The van der Waals surface area contributed by atoms with Crippen LogP contribution in [-0.4, -0.2) is 21.8 Å². The summed E-state index contributed by atoms with van der Waals surface area (Å²) in [6, 6.07) is 14.5. The maximum Gasteiger partial charge on any atom is 0.274 e. The highest BCUT2D eigenvalue weighted by atomic mass is 16.2. The van der Waals surface area contributed by atoms with Gasteiger partial charge in [0.15, 0.2) is 0 Å². The summed E-state index contributed by atoms with van der Waals surface area (Å²) in [5.41, 5.74) is 8.60. The number of carbonyl (C=O) groups is 2. The van der Waals surface area contributed by atoms with Gasteiger partial charge in [-0.25, -0.2) is 0 Å². The Bertz CT molecular complexity index is 876.